The maximum absolute atomic E-state index is 10.1. The van der Waals surface area contributed by atoms with E-state index in [4.69, 9.17) is 27.9 Å². The number of benzene rings is 1. The molecule has 4 heteroatoms. The summed E-state index contributed by atoms with van der Waals surface area (Å²) in [6, 6.07) is 5.30. The third-order valence-electron chi connectivity index (χ3n) is 2.43. The first kappa shape index (κ1) is 13.8. The van der Waals surface area contributed by atoms with E-state index in [1.807, 2.05) is 6.07 Å². The van der Waals surface area contributed by atoms with Gasteiger partial charge in [0.25, 0.3) is 0 Å². The number of hydrogen-bond donors (Lipinski definition) is 1. The summed E-state index contributed by atoms with van der Waals surface area (Å²) >= 11 is 11.8. The molecule has 0 saturated heterocycles. The van der Waals surface area contributed by atoms with Crippen molar-refractivity contribution < 1.29 is 9.84 Å². The van der Waals surface area contributed by atoms with Gasteiger partial charge in [-0.2, -0.15) is 0 Å². The van der Waals surface area contributed by atoms with Gasteiger partial charge in [-0.1, -0.05) is 29.3 Å². The van der Waals surface area contributed by atoms with Crippen LogP contribution in [0.3, 0.4) is 0 Å². The molecule has 0 aliphatic rings. The van der Waals surface area contributed by atoms with E-state index in [9.17, 15) is 5.11 Å². The third kappa shape index (κ3) is 4.30. The quantitative estimate of drug-likeness (QED) is 0.883. The second-order valence-electron chi connectivity index (χ2n) is 4.15. The van der Waals surface area contributed by atoms with Crippen LogP contribution in [0.2, 0.25) is 10.0 Å². The molecule has 0 aliphatic heterocycles. The van der Waals surface area contributed by atoms with Crippen LogP contribution in [0.25, 0.3) is 0 Å². The Balaban J connectivity index is 2.71. The topological polar surface area (TPSA) is 29.5 Å². The lowest BCUT2D eigenvalue weighted by Crippen LogP contribution is -2.28. The van der Waals surface area contributed by atoms with Gasteiger partial charge in [-0.25, -0.2) is 0 Å². The lowest BCUT2D eigenvalue weighted by atomic mass is 9.93. The molecule has 16 heavy (non-hydrogen) atoms. The zero-order valence-corrected chi connectivity index (χ0v) is 11.0. The smallest absolute Gasteiger partial charge is 0.0682 e. The third-order valence-corrected chi connectivity index (χ3v) is 3.02. The van der Waals surface area contributed by atoms with E-state index in [0.717, 1.165) is 5.56 Å². The second kappa shape index (κ2) is 5.87. The molecule has 1 rings (SSSR count). The number of rotatable bonds is 5. The summed E-state index contributed by atoms with van der Waals surface area (Å²) in [5.74, 6) is 0. The summed E-state index contributed by atoms with van der Waals surface area (Å²) in [5, 5.41) is 11.3. The molecule has 0 amide bonds. The number of ether oxygens (including phenoxy) is 1. The largest absolute Gasteiger partial charge is 0.390 e. The van der Waals surface area contributed by atoms with E-state index in [1.54, 1.807) is 26.2 Å². The molecule has 0 spiro atoms. The summed E-state index contributed by atoms with van der Waals surface area (Å²) < 4.78 is 4.95. The molecule has 0 aromatic heterocycles. The molecule has 1 aromatic carbocycles. The highest BCUT2D eigenvalue weighted by Gasteiger charge is 2.21. The van der Waals surface area contributed by atoms with Gasteiger partial charge in [-0.3, -0.25) is 0 Å². The van der Waals surface area contributed by atoms with Gasteiger partial charge in [0.15, 0.2) is 0 Å². The Labute approximate surface area is 106 Å². The predicted octanol–water partition coefficient (Wildman–Crippen LogP) is 3.32. The van der Waals surface area contributed by atoms with Crippen LogP contribution < -0.4 is 0 Å². The zero-order chi connectivity index (χ0) is 12.2. The molecule has 1 atom stereocenters. The van der Waals surface area contributed by atoms with Crippen LogP contribution in [0, 0.1) is 0 Å². The first-order valence-electron chi connectivity index (χ1n) is 5.10. The molecular formula is C12H16Cl2O2. The molecular weight excluding hydrogens is 247 g/mol. The molecule has 0 aliphatic carbocycles. The zero-order valence-electron chi connectivity index (χ0n) is 9.46. The van der Waals surface area contributed by atoms with E-state index in [0.29, 0.717) is 29.5 Å². The van der Waals surface area contributed by atoms with Crippen molar-refractivity contribution in [3.8, 4) is 0 Å². The Hall–Kier alpha value is -0.280. The molecule has 0 bridgehead atoms. The maximum atomic E-state index is 10.1. The normalized spacial score (nSPS) is 14.8. The highest BCUT2D eigenvalue weighted by atomic mass is 35.5. The van der Waals surface area contributed by atoms with Gasteiger partial charge in [-0.15, -0.1) is 0 Å². The molecule has 90 valence electrons. The Morgan fingerprint density at radius 3 is 2.62 bits per heavy atom. The fourth-order valence-corrected chi connectivity index (χ4v) is 1.96. The summed E-state index contributed by atoms with van der Waals surface area (Å²) in [6.45, 7) is 2.30. The molecule has 0 radical (unpaired) electrons. The minimum absolute atomic E-state index is 0.492. The number of aliphatic hydroxyl groups is 1. The average Bonchev–Trinajstić information content (AvgIpc) is 2.19. The summed E-state index contributed by atoms with van der Waals surface area (Å²) in [7, 11) is 1.62. The van der Waals surface area contributed by atoms with E-state index in [2.05, 4.69) is 0 Å². The standard InChI is InChI=1S/C12H16Cl2O2/c1-12(15,5-6-16-2)8-9-3-4-10(13)7-11(9)14/h3-4,7,15H,5-6,8H2,1-2H3. The van der Waals surface area contributed by atoms with Gasteiger partial charge >= 0.3 is 0 Å². The summed E-state index contributed by atoms with van der Waals surface area (Å²) in [6.07, 6.45) is 1.06. The second-order valence-corrected chi connectivity index (χ2v) is 5.00. The van der Waals surface area contributed by atoms with Crippen molar-refractivity contribution in [3.63, 3.8) is 0 Å². The first-order valence-corrected chi connectivity index (χ1v) is 5.85. The maximum Gasteiger partial charge on any atom is 0.0682 e. The Bertz CT molecular complexity index is 351. The Kier molecular flexibility index (Phi) is 5.06. The van der Waals surface area contributed by atoms with Crippen LogP contribution in [0.5, 0.6) is 0 Å². The van der Waals surface area contributed by atoms with Crippen molar-refractivity contribution in [1.82, 2.24) is 0 Å². The molecule has 0 heterocycles. The van der Waals surface area contributed by atoms with Crippen LogP contribution in [-0.4, -0.2) is 24.4 Å². The summed E-state index contributed by atoms with van der Waals surface area (Å²) in [5.41, 5.74) is 0.0835. The molecule has 1 aromatic rings. The highest BCUT2D eigenvalue weighted by molar-refractivity contribution is 6.35. The van der Waals surface area contributed by atoms with Crippen molar-refractivity contribution >= 4 is 23.2 Å². The van der Waals surface area contributed by atoms with Gasteiger partial charge in [0.05, 0.1) is 5.60 Å². The number of halogens is 2. The predicted molar refractivity (Wildman–Crippen MR) is 67.3 cm³/mol. The van der Waals surface area contributed by atoms with Crippen molar-refractivity contribution in [1.29, 1.82) is 0 Å². The number of methoxy groups -OCH3 is 1. The highest BCUT2D eigenvalue weighted by Crippen LogP contribution is 2.25. The molecule has 1 unspecified atom stereocenters. The average molecular weight is 263 g/mol. The minimum Gasteiger partial charge on any atom is -0.390 e. The molecule has 0 saturated carbocycles. The van der Waals surface area contributed by atoms with E-state index in [1.165, 1.54) is 0 Å². The fraction of sp³-hybridized carbons (Fsp3) is 0.500. The van der Waals surface area contributed by atoms with Crippen molar-refractivity contribution in [2.45, 2.75) is 25.4 Å². The van der Waals surface area contributed by atoms with Gasteiger partial charge in [-0.05, 0) is 31.0 Å². The van der Waals surface area contributed by atoms with E-state index in [-0.39, 0.29) is 0 Å². The van der Waals surface area contributed by atoms with Gasteiger partial charge < -0.3 is 9.84 Å². The van der Waals surface area contributed by atoms with Crippen molar-refractivity contribution in [3.05, 3.63) is 33.8 Å². The Morgan fingerprint density at radius 2 is 2.06 bits per heavy atom. The SMILES string of the molecule is COCCC(C)(O)Cc1ccc(Cl)cc1Cl. The van der Waals surface area contributed by atoms with E-state index >= 15 is 0 Å². The lowest BCUT2D eigenvalue weighted by molar-refractivity contribution is 0.0249. The first-order chi connectivity index (χ1) is 7.44. The van der Waals surface area contributed by atoms with Gasteiger partial charge in [0, 0.05) is 30.2 Å². The Morgan fingerprint density at radius 1 is 1.38 bits per heavy atom. The number of hydrogen-bond acceptors (Lipinski definition) is 2. The van der Waals surface area contributed by atoms with Crippen LogP contribution in [0.1, 0.15) is 18.9 Å². The van der Waals surface area contributed by atoms with Gasteiger partial charge in [0.2, 0.25) is 0 Å². The summed E-state index contributed by atoms with van der Waals surface area (Å²) in [4.78, 5) is 0. The van der Waals surface area contributed by atoms with Crippen LogP contribution in [0.4, 0.5) is 0 Å². The van der Waals surface area contributed by atoms with Crippen LogP contribution in [-0.2, 0) is 11.2 Å². The van der Waals surface area contributed by atoms with Crippen molar-refractivity contribution in [2.24, 2.45) is 0 Å². The van der Waals surface area contributed by atoms with Crippen LogP contribution >= 0.6 is 23.2 Å². The fourth-order valence-electron chi connectivity index (χ4n) is 1.49. The van der Waals surface area contributed by atoms with Crippen LogP contribution in [0.15, 0.2) is 18.2 Å². The van der Waals surface area contributed by atoms with Crippen molar-refractivity contribution in [2.75, 3.05) is 13.7 Å². The molecule has 2 nitrogen and oxygen atoms in total. The molecule has 1 N–H and O–H groups in total. The monoisotopic (exact) mass is 262 g/mol. The van der Waals surface area contributed by atoms with E-state index < -0.39 is 5.60 Å². The van der Waals surface area contributed by atoms with Gasteiger partial charge in [0.1, 0.15) is 0 Å². The minimum atomic E-state index is -0.812. The lowest BCUT2D eigenvalue weighted by Gasteiger charge is -2.23. The molecule has 0 fully saturated rings.